The second kappa shape index (κ2) is 6.50. The van der Waals surface area contributed by atoms with E-state index in [-0.39, 0.29) is 11.3 Å². The van der Waals surface area contributed by atoms with E-state index in [0.29, 0.717) is 24.7 Å². The van der Waals surface area contributed by atoms with Crippen molar-refractivity contribution in [3.63, 3.8) is 0 Å². The number of hydrogen-bond acceptors (Lipinski definition) is 6. The molecule has 0 spiro atoms. The molecule has 2 aliphatic heterocycles. The third-order valence-electron chi connectivity index (χ3n) is 5.27. The SMILES string of the molecule is CC(C)(C)c1cc(C(=O)N2CCC(c3nnc4n3CCNC4)CC2)no1. The number of nitrogens with one attached hydrogen (secondary N) is 1. The molecule has 2 aliphatic rings. The summed E-state index contributed by atoms with van der Waals surface area (Å²) < 4.78 is 7.60. The largest absolute Gasteiger partial charge is 0.360 e. The molecule has 0 unspecified atom stereocenters. The smallest absolute Gasteiger partial charge is 0.276 e. The first-order valence-electron chi connectivity index (χ1n) is 9.32. The van der Waals surface area contributed by atoms with Crippen LogP contribution < -0.4 is 5.32 Å². The number of nitrogens with zero attached hydrogens (tertiary/aromatic N) is 5. The predicted octanol–water partition coefficient (Wildman–Crippen LogP) is 1.69. The molecular weight excluding hydrogens is 332 g/mol. The molecule has 1 saturated heterocycles. The van der Waals surface area contributed by atoms with Crippen LogP contribution in [0.2, 0.25) is 0 Å². The maximum atomic E-state index is 12.7. The third-order valence-corrected chi connectivity index (χ3v) is 5.27. The van der Waals surface area contributed by atoms with E-state index in [4.69, 9.17) is 4.52 Å². The summed E-state index contributed by atoms with van der Waals surface area (Å²) in [6.45, 7) is 10.2. The molecule has 140 valence electrons. The van der Waals surface area contributed by atoms with E-state index in [1.165, 1.54) is 0 Å². The molecule has 0 radical (unpaired) electrons. The molecule has 1 N–H and O–H groups in total. The molecule has 0 aliphatic carbocycles. The maximum Gasteiger partial charge on any atom is 0.276 e. The number of aromatic nitrogens is 4. The molecule has 0 aromatic carbocycles. The van der Waals surface area contributed by atoms with Gasteiger partial charge in [-0.1, -0.05) is 25.9 Å². The highest BCUT2D eigenvalue weighted by Crippen LogP contribution is 2.29. The highest BCUT2D eigenvalue weighted by Gasteiger charge is 2.31. The molecule has 4 heterocycles. The number of amides is 1. The van der Waals surface area contributed by atoms with Gasteiger partial charge in [-0.05, 0) is 12.8 Å². The Labute approximate surface area is 152 Å². The summed E-state index contributed by atoms with van der Waals surface area (Å²) in [4.78, 5) is 14.6. The van der Waals surface area contributed by atoms with Gasteiger partial charge in [0.1, 0.15) is 17.4 Å². The molecule has 0 bridgehead atoms. The zero-order chi connectivity index (χ0) is 18.3. The third kappa shape index (κ3) is 3.13. The van der Waals surface area contributed by atoms with Crippen LogP contribution >= 0.6 is 0 Å². The monoisotopic (exact) mass is 358 g/mol. The molecule has 2 aromatic rings. The number of piperidine rings is 1. The first-order valence-corrected chi connectivity index (χ1v) is 9.32. The summed E-state index contributed by atoms with van der Waals surface area (Å²) in [5.41, 5.74) is 0.250. The maximum absolute atomic E-state index is 12.7. The van der Waals surface area contributed by atoms with E-state index >= 15 is 0 Å². The van der Waals surface area contributed by atoms with E-state index < -0.39 is 0 Å². The molecule has 26 heavy (non-hydrogen) atoms. The molecule has 4 rings (SSSR count). The molecule has 0 saturated carbocycles. The zero-order valence-electron chi connectivity index (χ0n) is 15.7. The van der Waals surface area contributed by atoms with Gasteiger partial charge >= 0.3 is 0 Å². The van der Waals surface area contributed by atoms with Crippen molar-refractivity contribution in [2.24, 2.45) is 0 Å². The van der Waals surface area contributed by atoms with Gasteiger partial charge in [0.25, 0.3) is 5.91 Å². The molecule has 1 amide bonds. The van der Waals surface area contributed by atoms with Crippen molar-refractivity contribution in [2.45, 2.75) is 58.0 Å². The summed E-state index contributed by atoms with van der Waals surface area (Å²) in [7, 11) is 0. The molecule has 1 fully saturated rings. The average molecular weight is 358 g/mol. The Morgan fingerprint density at radius 1 is 1.23 bits per heavy atom. The van der Waals surface area contributed by atoms with Crippen LogP contribution in [-0.2, 0) is 18.5 Å². The van der Waals surface area contributed by atoms with Crippen LogP contribution in [0.15, 0.2) is 10.6 Å². The van der Waals surface area contributed by atoms with Crippen LogP contribution in [0, 0.1) is 0 Å². The van der Waals surface area contributed by atoms with Crippen molar-refractivity contribution < 1.29 is 9.32 Å². The molecule has 8 heteroatoms. The number of rotatable bonds is 2. The number of fused-ring (bicyclic) bond motifs is 1. The number of likely N-dealkylation sites (tertiary alicyclic amines) is 1. The van der Waals surface area contributed by atoms with Crippen LogP contribution in [0.3, 0.4) is 0 Å². The lowest BCUT2D eigenvalue weighted by Crippen LogP contribution is -2.39. The van der Waals surface area contributed by atoms with Crippen LogP contribution in [0.5, 0.6) is 0 Å². The summed E-state index contributed by atoms with van der Waals surface area (Å²) in [5, 5.41) is 16.0. The lowest BCUT2D eigenvalue weighted by molar-refractivity contribution is 0.0699. The van der Waals surface area contributed by atoms with Gasteiger partial charge in [-0.25, -0.2) is 0 Å². The van der Waals surface area contributed by atoms with E-state index in [2.05, 4.69) is 25.2 Å². The standard InChI is InChI=1S/C18H26N6O2/c1-18(2,3)14-10-13(22-26-14)17(25)23-7-4-12(5-8-23)16-21-20-15-11-19-6-9-24(15)16/h10,12,19H,4-9,11H2,1-3H3. The predicted molar refractivity (Wildman–Crippen MR) is 94.8 cm³/mol. The molecule has 8 nitrogen and oxygen atoms in total. The Morgan fingerprint density at radius 3 is 2.69 bits per heavy atom. The quantitative estimate of drug-likeness (QED) is 0.879. The van der Waals surface area contributed by atoms with Gasteiger partial charge in [-0.3, -0.25) is 4.79 Å². The Kier molecular flexibility index (Phi) is 4.30. The number of carbonyl (C=O) groups is 1. The van der Waals surface area contributed by atoms with Gasteiger partial charge in [-0.2, -0.15) is 0 Å². The highest BCUT2D eigenvalue weighted by molar-refractivity contribution is 5.92. The summed E-state index contributed by atoms with van der Waals surface area (Å²) in [5.74, 6) is 3.14. The summed E-state index contributed by atoms with van der Waals surface area (Å²) in [6.07, 6.45) is 1.81. The van der Waals surface area contributed by atoms with Gasteiger partial charge in [0.2, 0.25) is 0 Å². The van der Waals surface area contributed by atoms with Gasteiger partial charge in [0.15, 0.2) is 5.69 Å². The Morgan fingerprint density at radius 2 is 2.00 bits per heavy atom. The van der Waals surface area contributed by atoms with Crippen LogP contribution in [0.25, 0.3) is 0 Å². The van der Waals surface area contributed by atoms with E-state index in [1.807, 2.05) is 25.7 Å². The van der Waals surface area contributed by atoms with Crippen molar-refractivity contribution >= 4 is 5.91 Å². The van der Waals surface area contributed by atoms with Crippen molar-refractivity contribution in [3.05, 3.63) is 29.2 Å². The highest BCUT2D eigenvalue weighted by atomic mass is 16.5. The Balaban J connectivity index is 1.41. The number of carbonyl (C=O) groups excluding carboxylic acids is 1. The van der Waals surface area contributed by atoms with Crippen molar-refractivity contribution in [2.75, 3.05) is 19.6 Å². The first-order chi connectivity index (χ1) is 12.4. The van der Waals surface area contributed by atoms with E-state index in [0.717, 1.165) is 49.9 Å². The fraction of sp³-hybridized carbons (Fsp3) is 0.667. The molecular formula is C18H26N6O2. The van der Waals surface area contributed by atoms with Gasteiger partial charge in [-0.15, -0.1) is 10.2 Å². The zero-order valence-corrected chi connectivity index (χ0v) is 15.7. The Bertz CT molecular complexity index is 795. The van der Waals surface area contributed by atoms with Crippen molar-refractivity contribution in [3.8, 4) is 0 Å². The lowest BCUT2D eigenvalue weighted by Gasteiger charge is -2.31. The summed E-state index contributed by atoms with van der Waals surface area (Å²) >= 11 is 0. The van der Waals surface area contributed by atoms with E-state index in [1.54, 1.807) is 6.07 Å². The minimum Gasteiger partial charge on any atom is -0.360 e. The first kappa shape index (κ1) is 17.2. The van der Waals surface area contributed by atoms with Crippen molar-refractivity contribution in [1.29, 1.82) is 0 Å². The second-order valence-electron chi connectivity index (χ2n) is 8.20. The fourth-order valence-corrected chi connectivity index (χ4v) is 3.65. The normalized spacial score (nSPS) is 18.8. The minimum atomic E-state index is -0.153. The number of hydrogen-bond donors (Lipinski definition) is 1. The van der Waals surface area contributed by atoms with Gasteiger partial charge in [0.05, 0.1) is 6.54 Å². The molecule has 2 aromatic heterocycles. The second-order valence-corrected chi connectivity index (χ2v) is 8.20. The van der Waals surface area contributed by atoms with Crippen LogP contribution in [0.4, 0.5) is 0 Å². The van der Waals surface area contributed by atoms with Crippen LogP contribution in [-0.4, -0.2) is 50.4 Å². The van der Waals surface area contributed by atoms with Gasteiger partial charge in [0, 0.05) is 43.6 Å². The summed E-state index contributed by atoms with van der Waals surface area (Å²) in [6, 6.07) is 1.77. The topological polar surface area (TPSA) is 89.1 Å². The lowest BCUT2D eigenvalue weighted by atomic mass is 9.93. The Hall–Kier alpha value is -2.22. The minimum absolute atomic E-state index is 0.0461. The average Bonchev–Trinajstić information content (AvgIpc) is 3.28. The van der Waals surface area contributed by atoms with Crippen LogP contribution in [0.1, 0.15) is 67.4 Å². The molecule has 0 atom stereocenters. The van der Waals surface area contributed by atoms with Gasteiger partial charge < -0.3 is 19.3 Å². The van der Waals surface area contributed by atoms with E-state index in [9.17, 15) is 4.79 Å². The van der Waals surface area contributed by atoms with Crippen molar-refractivity contribution in [1.82, 2.24) is 30.1 Å². The fourth-order valence-electron chi connectivity index (χ4n) is 3.65.